The number of aryl methyl sites for hydroxylation is 1. The van der Waals surface area contributed by atoms with E-state index in [1.54, 1.807) is 12.1 Å². The van der Waals surface area contributed by atoms with Gasteiger partial charge >= 0.3 is 0 Å². The van der Waals surface area contributed by atoms with Crippen LogP contribution in [0.4, 0.5) is 10.1 Å². The van der Waals surface area contributed by atoms with Gasteiger partial charge in [0.1, 0.15) is 5.82 Å². The van der Waals surface area contributed by atoms with Crippen molar-refractivity contribution in [3.05, 3.63) is 65.6 Å². The first-order chi connectivity index (χ1) is 17.5. The van der Waals surface area contributed by atoms with E-state index >= 15 is 0 Å². The Hall–Kier alpha value is -2.70. The molecule has 36 heavy (non-hydrogen) atoms. The van der Waals surface area contributed by atoms with Crippen molar-refractivity contribution in [2.45, 2.75) is 57.9 Å². The predicted octanol–water partition coefficient (Wildman–Crippen LogP) is 5.78. The molecule has 1 aromatic heterocycles. The smallest absolute Gasteiger partial charge is 0.225 e. The van der Waals surface area contributed by atoms with E-state index in [9.17, 15) is 9.18 Å². The van der Waals surface area contributed by atoms with E-state index in [-0.39, 0.29) is 11.7 Å². The number of nitrogens with zero attached hydrogens (tertiary/aromatic N) is 3. The van der Waals surface area contributed by atoms with Crippen molar-refractivity contribution in [2.75, 3.05) is 44.6 Å². The van der Waals surface area contributed by atoms with Gasteiger partial charge in [-0.05, 0) is 87.5 Å². The highest BCUT2D eigenvalue weighted by molar-refractivity contribution is 5.94. The summed E-state index contributed by atoms with van der Waals surface area (Å²) < 4.78 is 15.6. The molecule has 5 rings (SSSR count). The van der Waals surface area contributed by atoms with E-state index in [2.05, 4.69) is 44.9 Å². The Bertz CT molecular complexity index is 1160. The molecular weight excluding hydrogens is 451 g/mol. The maximum Gasteiger partial charge on any atom is 0.225 e. The van der Waals surface area contributed by atoms with Gasteiger partial charge in [0.25, 0.3) is 0 Å². The number of halogens is 1. The number of benzene rings is 2. The normalized spacial score (nSPS) is 18.1. The second-order valence-corrected chi connectivity index (χ2v) is 10.6. The third kappa shape index (κ3) is 6.16. The summed E-state index contributed by atoms with van der Waals surface area (Å²) in [5.41, 5.74) is 4.58. The summed E-state index contributed by atoms with van der Waals surface area (Å²) in [6.07, 6.45) is 9.83. The Balaban J connectivity index is 1.17. The van der Waals surface area contributed by atoms with E-state index in [0.717, 1.165) is 64.2 Å². The number of carbonyl (C=O) groups is 1. The zero-order chi connectivity index (χ0) is 24.9. The van der Waals surface area contributed by atoms with Gasteiger partial charge in [0.05, 0.1) is 5.52 Å². The molecule has 2 saturated heterocycles. The molecule has 5 nitrogen and oxygen atoms in total. The number of rotatable bonds is 8. The van der Waals surface area contributed by atoms with Crippen LogP contribution in [0.25, 0.3) is 10.9 Å². The highest BCUT2D eigenvalue weighted by atomic mass is 19.1. The van der Waals surface area contributed by atoms with E-state index in [0.29, 0.717) is 12.5 Å². The number of anilines is 1. The summed E-state index contributed by atoms with van der Waals surface area (Å²) in [6, 6.07) is 13.7. The molecule has 3 aromatic rings. The van der Waals surface area contributed by atoms with Gasteiger partial charge in [-0.3, -0.25) is 4.79 Å². The summed E-state index contributed by atoms with van der Waals surface area (Å²) in [4.78, 5) is 17.6. The molecule has 0 radical (unpaired) electrons. The molecule has 0 bridgehead atoms. The fraction of sp³-hybridized carbons (Fsp3) is 0.500. The molecule has 2 aliphatic rings. The van der Waals surface area contributed by atoms with Crippen LogP contribution in [0.3, 0.4) is 0 Å². The summed E-state index contributed by atoms with van der Waals surface area (Å²) in [5.74, 6) is -0.0711. The quantitative estimate of drug-likeness (QED) is 0.435. The number of piperidine rings is 2. The van der Waals surface area contributed by atoms with E-state index < -0.39 is 0 Å². The van der Waals surface area contributed by atoms with Gasteiger partial charge in [0.2, 0.25) is 5.91 Å². The molecule has 192 valence electrons. The van der Waals surface area contributed by atoms with Crippen molar-refractivity contribution in [3.8, 4) is 0 Å². The number of aromatic nitrogens is 1. The second kappa shape index (κ2) is 11.6. The van der Waals surface area contributed by atoms with Crippen LogP contribution in [0, 0.1) is 12.7 Å². The molecule has 0 unspecified atom stereocenters. The van der Waals surface area contributed by atoms with Gasteiger partial charge in [-0.15, -0.1) is 0 Å². The Kier molecular flexibility index (Phi) is 8.02. The van der Waals surface area contributed by atoms with Crippen molar-refractivity contribution in [1.82, 2.24) is 14.4 Å². The van der Waals surface area contributed by atoms with Crippen molar-refractivity contribution >= 4 is 22.5 Å². The van der Waals surface area contributed by atoms with Crippen molar-refractivity contribution in [1.29, 1.82) is 0 Å². The first kappa shape index (κ1) is 25.0. The van der Waals surface area contributed by atoms with Crippen LogP contribution in [0.1, 0.15) is 55.7 Å². The molecule has 6 heteroatoms. The molecule has 3 heterocycles. The molecule has 1 amide bonds. The highest BCUT2D eigenvalue weighted by Gasteiger charge is 2.22. The Labute approximate surface area is 214 Å². The van der Waals surface area contributed by atoms with Gasteiger partial charge in [0, 0.05) is 55.9 Å². The first-order valence-corrected chi connectivity index (χ1v) is 13.7. The minimum Gasteiger partial charge on any atom is -0.344 e. The fourth-order valence-corrected chi connectivity index (χ4v) is 5.83. The predicted molar refractivity (Wildman–Crippen MR) is 145 cm³/mol. The monoisotopic (exact) mass is 490 g/mol. The van der Waals surface area contributed by atoms with Crippen LogP contribution in [0.5, 0.6) is 0 Å². The van der Waals surface area contributed by atoms with Gasteiger partial charge in [-0.25, -0.2) is 4.39 Å². The lowest BCUT2D eigenvalue weighted by Gasteiger charge is -2.33. The molecule has 2 aliphatic heterocycles. The van der Waals surface area contributed by atoms with Crippen LogP contribution in [0.15, 0.2) is 48.7 Å². The van der Waals surface area contributed by atoms with Crippen LogP contribution < -0.4 is 5.32 Å². The standard InChI is InChI=1S/C30H39FN4O/c1-23-22-35(27-12-18-34(19-13-27)17-11-24-5-7-25(31)8-6-24)29-21-26(9-10-28(23)29)32-30(36)14-20-33-15-3-2-4-16-33/h5-10,21-22,27H,2-4,11-20H2,1H3,(H,32,36). The van der Waals surface area contributed by atoms with Crippen molar-refractivity contribution < 1.29 is 9.18 Å². The zero-order valence-corrected chi connectivity index (χ0v) is 21.5. The van der Waals surface area contributed by atoms with E-state index in [1.165, 1.54) is 41.3 Å². The second-order valence-electron chi connectivity index (χ2n) is 10.6. The molecule has 0 saturated carbocycles. The van der Waals surface area contributed by atoms with Gasteiger partial charge in [-0.2, -0.15) is 0 Å². The maximum absolute atomic E-state index is 13.2. The fourth-order valence-electron chi connectivity index (χ4n) is 5.83. The number of fused-ring (bicyclic) bond motifs is 1. The SMILES string of the molecule is Cc1cn(C2CCN(CCc3ccc(F)cc3)CC2)c2cc(NC(=O)CCN3CCCCC3)ccc12. The molecule has 0 aliphatic carbocycles. The minimum absolute atomic E-state index is 0.101. The topological polar surface area (TPSA) is 40.5 Å². The van der Waals surface area contributed by atoms with Crippen molar-refractivity contribution in [3.63, 3.8) is 0 Å². The minimum atomic E-state index is -0.172. The number of likely N-dealkylation sites (tertiary alicyclic amines) is 2. The lowest BCUT2D eigenvalue weighted by Crippen LogP contribution is -2.35. The third-order valence-corrected chi connectivity index (χ3v) is 8.00. The van der Waals surface area contributed by atoms with Gasteiger partial charge < -0.3 is 19.7 Å². The van der Waals surface area contributed by atoms with E-state index in [1.807, 2.05) is 18.2 Å². The molecule has 2 aromatic carbocycles. The largest absolute Gasteiger partial charge is 0.344 e. The third-order valence-electron chi connectivity index (χ3n) is 8.00. The molecular formula is C30H39FN4O. The highest BCUT2D eigenvalue weighted by Crippen LogP contribution is 2.31. The summed E-state index contributed by atoms with van der Waals surface area (Å²) in [5, 5.41) is 4.41. The van der Waals surface area contributed by atoms with Crippen molar-refractivity contribution in [2.24, 2.45) is 0 Å². The molecule has 0 atom stereocenters. The summed E-state index contributed by atoms with van der Waals surface area (Å²) >= 11 is 0. The van der Waals surface area contributed by atoms with E-state index in [4.69, 9.17) is 0 Å². The number of amides is 1. The number of hydrogen-bond acceptors (Lipinski definition) is 3. The van der Waals surface area contributed by atoms with Crippen LogP contribution in [-0.4, -0.2) is 59.5 Å². The Morgan fingerprint density at radius 1 is 0.944 bits per heavy atom. The maximum atomic E-state index is 13.2. The first-order valence-electron chi connectivity index (χ1n) is 13.7. The number of carbonyl (C=O) groups excluding carboxylic acids is 1. The zero-order valence-electron chi connectivity index (χ0n) is 21.5. The van der Waals surface area contributed by atoms with Gasteiger partial charge in [0.15, 0.2) is 0 Å². The van der Waals surface area contributed by atoms with Crippen LogP contribution in [0.2, 0.25) is 0 Å². The Morgan fingerprint density at radius 2 is 1.67 bits per heavy atom. The van der Waals surface area contributed by atoms with Gasteiger partial charge in [-0.1, -0.05) is 24.6 Å². The lowest BCUT2D eigenvalue weighted by molar-refractivity contribution is -0.116. The molecule has 0 spiro atoms. The average molecular weight is 491 g/mol. The average Bonchev–Trinajstić information content (AvgIpc) is 3.23. The summed E-state index contributed by atoms with van der Waals surface area (Å²) in [7, 11) is 0. The van der Waals surface area contributed by atoms with Crippen LogP contribution >= 0.6 is 0 Å². The van der Waals surface area contributed by atoms with Crippen LogP contribution in [-0.2, 0) is 11.2 Å². The summed E-state index contributed by atoms with van der Waals surface area (Å²) in [6.45, 7) is 8.41. The Morgan fingerprint density at radius 3 is 2.42 bits per heavy atom. The number of hydrogen-bond donors (Lipinski definition) is 1. The molecule has 1 N–H and O–H groups in total. The number of nitrogens with one attached hydrogen (secondary N) is 1. The lowest BCUT2D eigenvalue weighted by atomic mass is 10.0. The molecule has 2 fully saturated rings.